The summed E-state index contributed by atoms with van der Waals surface area (Å²) in [4.78, 5) is 20.1. The lowest BCUT2D eigenvalue weighted by Gasteiger charge is -1.97. The van der Waals surface area contributed by atoms with Crippen LogP contribution in [0.4, 0.5) is 0 Å². The maximum atomic E-state index is 11.3. The third kappa shape index (κ3) is 2.12. The Balaban J connectivity index is 2.37. The smallest absolute Gasteiger partial charge is 0.312 e. The molecule has 16 heavy (non-hydrogen) atoms. The number of hydrogen-bond donors (Lipinski definition) is 0. The van der Waals surface area contributed by atoms with Gasteiger partial charge in [-0.1, -0.05) is 11.2 Å². The van der Waals surface area contributed by atoms with E-state index in [1.54, 1.807) is 12.1 Å². The van der Waals surface area contributed by atoms with Gasteiger partial charge in [-0.05, 0) is 25.1 Å². The summed E-state index contributed by atoms with van der Waals surface area (Å²) in [6.45, 7) is 1.88. The molecule has 2 heterocycles. The Kier molecular flexibility index (Phi) is 3.01. The van der Waals surface area contributed by atoms with Crippen LogP contribution in [-0.2, 0) is 9.63 Å². The van der Waals surface area contributed by atoms with Crippen LogP contribution in [0.1, 0.15) is 11.4 Å². The maximum Gasteiger partial charge on any atom is 0.367 e. The van der Waals surface area contributed by atoms with Gasteiger partial charge in [-0.3, -0.25) is 4.98 Å². The van der Waals surface area contributed by atoms with Crippen LogP contribution in [0.15, 0.2) is 28.9 Å². The number of pyridine rings is 1. The van der Waals surface area contributed by atoms with Crippen molar-refractivity contribution in [2.75, 3.05) is 5.88 Å². The molecule has 0 saturated heterocycles. The van der Waals surface area contributed by atoms with E-state index >= 15 is 0 Å². The zero-order valence-electron chi connectivity index (χ0n) is 8.61. The molecule has 0 unspecified atom stereocenters. The van der Waals surface area contributed by atoms with E-state index in [0.29, 0.717) is 17.0 Å². The molecule has 0 N–H and O–H groups in total. The zero-order valence-corrected chi connectivity index (χ0v) is 9.36. The third-order valence-corrected chi connectivity index (χ3v) is 2.35. The summed E-state index contributed by atoms with van der Waals surface area (Å²) in [6.07, 6.45) is 1.63. The molecule has 1 aromatic rings. The number of carbonyl (C=O) groups is 1. The van der Waals surface area contributed by atoms with Crippen LogP contribution in [-0.4, -0.2) is 22.5 Å². The van der Waals surface area contributed by atoms with Gasteiger partial charge in [0.25, 0.3) is 0 Å². The van der Waals surface area contributed by atoms with Gasteiger partial charge in [-0.15, -0.1) is 11.6 Å². The average molecular weight is 237 g/mol. The quantitative estimate of drug-likeness (QED) is 0.448. The zero-order chi connectivity index (χ0) is 11.5. The van der Waals surface area contributed by atoms with E-state index in [0.717, 1.165) is 5.69 Å². The lowest BCUT2D eigenvalue weighted by Crippen LogP contribution is -2.06. The fourth-order valence-corrected chi connectivity index (χ4v) is 1.54. The number of aryl methyl sites for hydroxylation is 1. The molecular weight excluding hydrogens is 228 g/mol. The molecule has 82 valence electrons. The molecule has 0 atom stereocenters. The summed E-state index contributed by atoms with van der Waals surface area (Å²) >= 11 is 5.64. The van der Waals surface area contributed by atoms with Gasteiger partial charge < -0.3 is 4.84 Å². The van der Waals surface area contributed by atoms with Gasteiger partial charge in [0.05, 0.1) is 17.1 Å². The largest absolute Gasteiger partial charge is 0.367 e. The summed E-state index contributed by atoms with van der Waals surface area (Å²) < 4.78 is 0. The van der Waals surface area contributed by atoms with Crippen LogP contribution in [0.5, 0.6) is 0 Å². The highest BCUT2D eigenvalue weighted by atomic mass is 35.5. The van der Waals surface area contributed by atoms with E-state index in [1.165, 1.54) is 0 Å². The molecule has 0 bridgehead atoms. The molecule has 0 fully saturated rings. The third-order valence-electron chi connectivity index (χ3n) is 2.10. The van der Waals surface area contributed by atoms with E-state index in [4.69, 9.17) is 11.6 Å². The number of carbonyl (C=O) groups excluding carboxylic acids is 1. The number of oxime groups is 1. The standard InChI is InChI=1S/C11H9ClN2O2/c1-7-3-2-4-8(13-7)5-9-10(6-12)14-16-11(9)15/h2-5H,6H2,1H3. The number of alkyl halides is 1. The highest BCUT2D eigenvalue weighted by Gasteiger charge is 2.24. The van der Waals surface area contributed by atoms with E-state index in [2.05, 4.69) is 15.0 Å². The first-order valence-electron chi connectivity index (χ1n) is 4.70. The van der Waals surface area contributed by atoms with Crippen LogP contribution in [0, 0.1) is 6.92 Å². The molecule has 0 saturated carbocycles. The molecule has 0 aliphatic carbocycles. The van der Waals surface area contributed by atoms with Crippen LogP contribution in [0.25, 0.3) is 6.08 Å². The number of nitrogens with zero attached hydrogens (tertiary/aromatic N) is 2. The highest BCUT2D eigenvalue weighted by molar-refractivity contribution is 6.38. The molecular formula is C11H9ClN2O2. The van der Waals surface area contributed by atoms with Crippen molar-refractivity contribution < 1.29 is 9.63 Å². The minimum Gasteiger partial charge on any atom is -0.312 e. The van der Waals surface area contributed by atoms with Crippen molar-refractivity contribution in [3.8, 4) is 0 Å². The Morgan fingerprint density at radius 1 is 1.50 bits per heavy atom. The van der Waals surface area contributed by atoms with Gasteiger partial charge in [-0.25, -0.2) is 4.79 Å². The van der Waals surface area contributed by atoms with Crippen molar-refractivity contribution >= 4 is 29.4 Å². The Morgan fingerprint density at radius 3 is 3.00 bits per heavy atom. The van der Waals surface area contributed by atoms with Crippen molar-refractivity contribution in [1.29, 1.82) is 0 Å². The fraction of sp³-hybridized carbons (Fsp3) is 0.182. The molecule has 2 rings (SSSR count). The Morgan fingerprint density at radius 2 is 2.31 bits per heavy atom. The van der Waals surface area contributed by atoms with Gasteiger partial charge in [0.2, 0.25) is 0 Å². The summed E-state index contributed by atoms with van der Waals surface area (Å²) in [6, 6.07) is 5.55. The predicted molar refractivity (Wildman–Crippen MR) is 61.2 cm³/mol. The minimum absolute atomic E-state index is 0.142. The summed E-state index contributed by atoms with van der Waals surface area (Å²) in [5.41, 5.74) is 2.37. The van der Waals surface area contributed by atoms with Crippen LogP contribution in [0.3, 0.4) is 0 Å². The molecule has 1 aliphatic rings. The van der Waals surface area contributed by atoms with Crippen LogP contribution >= 0.6 is 11.6 Å². The summed E-state index contributed by atoms with van der Waals surface area (Å²) in [7, 11) is 0. The molecule has 1 aliphatic heterocycles. The molecule has 0 aromatic carbocycles. The lowest BCUT2D eigenvalue weighted by molar-refractivity contribution is -0.136. The Bertz CT molecular complexity index is 495. The molecule has 4 nitrogen and oxygen atoms in total. The van der Waals surface area contributed by atoms with Crippen LogP contribution in [0.2, 0.25) is 0 Å². The van der Waals surface area contributed by atoms with Gasteiger partial charge >= 0.3 is 5.97 Å². The van der Waals surface area contributed by atoms with E-state index < -0.39 is 5.97 Å². The monoisotopic (exact) mass is 236 g/mol. The first-order chi connectivity index (χ1) is 7.70. The first kappa shape index (κ1) is 10.8. The second-order valence-electron chi connectivity index (χ2n) is 3.31. The van der Waals surface area contributed by atoms with Crippen molar-refractivity contribution in [2.45, 2.75) is 6.92 Å². The summed E-state index contributed by atoms with van der Waals surface area (Å²) in [5.74, 6) is -0.345. The van der Waals surface area contributed by atoms with Crippen molar-refractivity contribution in [2.24, 2.45) is 5.16 Å². The maximum absolute atomic E-state index is 11.3. The lowest BCUT2D eigenvalue weighted by atomic mass is 10.1. The van der Waals surface area contributed by atoms with Gasteiger partial charge in [0, 0.05) is 5.69 Å². The number of rotatable bonds is 2. The van der Waals surface area contributed by atoms with Gasteiger partial charge in [0.15, 0.2) is 0 Å². The number of hydrogen-bond acceptors (Lipinski definition) is 4. The molecule has 0 spiro atoms. The minimum atomic E-state index is -0.487. The normalized spacial score (nSPS) is 17.5. The fourth-order valence-electron chi connectivity index (χ4n) is 1.34. The molecule has 0 radical (unpaired) electrons. The van der Waals surface area contributed by atoms with Crippen molar-refractivity contribution in [1.82, 2.24) is 4.98 Å². The second-order valence-corrected chi connectivity index (χ2v) is 3.58. The van der Waals surface area contributed by atoms with Gasteiger partial charge in [0.1, 0.15) is 5.71 Å². The SMILES string of the molecule is Cc1cccc(C=C2C(=O)ON=C2CCl)n1. The Hall–Kier alpha value is -1.68. The summed E-state index contributed by atoms with van der Waals surface area (Å²) in [5, 5.41) is 3.57. The van der Waals surface area contributed by atoms with Crippen LogP contribution < -0.4 is 0 Å². The average Bonchev–Trinajstić information content (AvgIpc) is 2.60. The highest BCUT2D eigenvalue weighted by Crippen LogP contribution is 2.15. The first-order valence-corrected chi connectivity index (χ1v) is 5.24. The van der Waals surface area contributed by atoms with Crippen molar-refractivity contribution in [3.63, 3.8) is 0 Å². The molecule has 1 aromatic heterocycles. The van der Waals surface area contributed by atoms with Gasteiger partial charge in [-0.2, -0.15) is 0 Å². The molecule has 0 amide bonds. The topological polar surface area (TPSA) is 51.5 Å². The second kappa shape index (κ2) is 4.45. The van der Waals surface area contributed by atoms with E-state index in [9.17, 15) is 4.79 Å². The van der Waals surface area contributed by atoms with Crippen molar-refractivity contribution in [3.05, 3.63) is 35.2 Å². The number of halogens is 1. The predicted octanol–water partition coefficient (Wildman–Crippen LogP) is 1.93. The van der Waals surface area contributed by atoms with E-state index in [1.807, 2.05) is 19.1 Å². The molecule has 5 heteroatoms. The van der Waals surface area contributed by atoms with E-state index in [-0.39, 0.29) is 5.88 Å². The Labute approximate surface area is 97.6 Å². The number of aromatic nitrogens is 1.